The van der Waals surface area contributed by atoms with E-state index in [1.165, 1.54) is 0 Å². The Hall–Kier alpha value is -1.41. The SMILES string of the molecule is CCC(C#N)(CCCn1nc(C)nc1C)NC(C)C. The zero-order valence-electron chi connectivity index (χ0n) is 12.7. The third kappa shape index (κ3) is 4.32. The Kier molecular flexibility index (Phi) is 5.49. The van der Waals surface area contributed by atoms with Crippen LogP contribution in [-0.2, 0) is 6.54 Å². The Morgan fingerprint density at radius 3 is 2.53 bits per heavy atom. The molecular weight excluding hydrogens is 238 g/mol. The van der Waals surface area contributed by atoms with Gasteiger partial charge in [-0.3, -0.25) is 10.00 Å². The van der Waals surface area contributed by atoms with Crippen molar-refractivity contribution in [1.29, 1.82) is 5.26 Å². The second-order valence-electron chi connectivity index (χ2n) is 5.38. The lowest BCUT2D eigenvalue weighted by Crippen LogP contribution is -2.47. The molecule has 106 valence electrons. The normalized spacial score (nSPS) is 14.4. The highest BCUT2D eigenvalue weighted by atomic mass is 15.3. The molecule has 5 heteroatoms. The number of aromatic nitrogens is 3. The van der Waals surface area contributed by atoms with E-state index in [1.807, 2.05) is 18.5 Å². The summed E-state index contributed by atoms with van der Waals surface area (Å²) in [7, 11) is 0. The largest absolute Gasteiger partial charge is 0.297 e. The molecule has 1 N–H and O–H groups in total. The van der Waals surface area contributed by atoms with E-state index in [-0.39, 0.29) is 0 Å². The predicted octanol–water partition coefficient (Wildman–Crippen LogP) is 2.35. The zero-order valence-corrected chi connectivity index (χ0v) is 12.7. The average molecular weight is 263 g/mol. The molecule has 0 aromatic carbocycles. The van der Waals surface area contributed by atoms with E-state index in [0.717, 1.165) is 37.5 Å². The molecule has 0 aliphatic rings. The van der Waals surface area contributed by atoms with Crippen molar-refractivity contribution in [2.45, 2.75) is 72.0 Å². The van der Waals surface area contributed by atoms with E-state index in [1.54, 1.807) is 0 Å². The second kappa shape index (κ2) is 6.67. The van der Waals surface area contributed by atoms with Crippen LogP contribution >= 0.6 is 0 Å². The monoisotopic (exact) mass is 263 g/mol. The van der Waals surface area contributed by atoms with Gasteiger partial charge in [-0.15, -0.1) is 0 Å². The van der Waals surface area contributed by atoms with Gasteiger partial charge in [0.1, 0.15) is 17.2 Å². The molecule has 0 saturated heterocycles. The third-order valence-corrected chi connectivity index (χ3v) is 3.32. The second-order valence-corrected chi connectivity index (χ2v) is 5.38. The number of rotatable bonds is 7. The minimum atomic E-state index is -0.419. The van der Waals surface area contributed by atoms with E-state index in [0.29, 0.717) is 6.04 Å². The van der Waals surface area contributed by atoms with Gasteiger partial charge in [0.05, 0.1) is 6.07 Å². The molecule has 0 spiro atoms. The van der Waals surface area contributed by atoms with Crippen molar-refractivity contribution < 1.29 is 0 Å². The van der Waals surface area contributed by atoms with Crippen LogP contribution in [0.2, 0.25) is 0 Å². The van der Waals surface area contributed by atoms with Gasteiger partial charge in [0.15, 0.2) is 0 Å². The molecule has 0 saturated carbocycles. The van der Waals surface area contributed by atoms with Gasteiger partial charge in [-0.2, -0.15) is 10.4 Å². The molecule has 0 aliphatic heterocycles. The fraction of sp³-hybridized carbons (Fsp3) is 0.786. The molecule has 19 heavy (non-hydrogen) atoms. The molecule has 0 fully saturated rings. The molecule has 1 atom stereocenters. The zero-order chi connectivity index (χ0) is 14.5. The van der Waals surface area contributed by atoms with E-state index in [4.69, 9.17) is 0 Å². The highest BCUT2D eigenvalue weighted by Gasteiger charge is 2.27. The molecule has 1 aromatic heterocycles. The summed E-state index contributed by atoms with van der Waals surface area (Å²) in [5, 5.41) is 17.2. The van der Waals surface area contributed by atoms with Crippen LogP contribution < -0.4 is 5.32 Å². The van der Waals surface area contributed by atoms with Crippen LogP contribution in [0.5, 0.6) is 0 Å². The number of nitrogens with one attached hydrogen (secondary N) is 1. The third-order valence-electron chi connectivity index (χ3n) is 3.32. The minimum Gasteiger partial charge on any atom is -0.297 e. The molecule has 0 aliphatic carbocycles. The lowest BCUT2D eigenvalue weighted by molar-refractivity contribution is 0.326. The number of hydrogen-bond donors (Lipinski definition) is 1. The fourth-order valence-corrected chi connectivity index (χ4v) is 2.37. The summed E-state index contributed by atoms with van der Waals surface area (Å²) in [5.74, 6) is 1.74. The van der Waals surface area contributed by atoms with Gasteiger partial charge in [-0.05, 0) is 47.0 Å². The van der Waals surface area contributed by atoms with Crippen LogP contribution in [0, 0.1) is 25.2 Å². The summed E-state index contributed by atoms with van der Waals surface area (Å²) in [6, 6.07) is 2.76. The van der Waals surface area contributed by atoms with E-state index in [2.05, 4.69) is 42.2 Å². The molecule has 0 radical (unpaired) electrons. The first-order valence-corrected chi connectivity index (χ1v) is 6.99. The first-order chi connectivity index (χ1) is 8.92. The Balaban J connectivity index is 2.58. The molecule has 1 rings (SSSR count). The van der Waals surface area contributed by atoms with Crippen LogP contribution in [-0.4, -0.2) is 26.3 Å². The lowest BCUT2D eigenvalue weighted by Gasteiger charge is -2.29. The van der Waals surface area contributed by atoms with Crippen molar-refractivity contribution in [1.82, 2.24) is 20.1 Å². The topological polar surface area (TPSA) is 66.5 Å². The smallest absolute Gasteiger partial charge is 0.147 e. The van der Waals surface area contributed by atoms with Crippen molar-refractivity contribution >= 4 is 0 Å². The molecule has 0 amide bonds. The maximum Gasteiger partial charge on any atom is 0.147 e. The Bertz CT molecular complexity index is 443. The summed E-state index contributed by atoms with van der Waals surface area (Å²) in [6.45, 7) is 10.9. The van der Waals surface area contributed by atoms with E-state index in [9.17, 15) is 5.26 Å². The van der Waals surface area contributed by atoms with Crippen LogP contribution in [0.4, 0.5) is 0 Å². The Labute approximate surface area is 116 Å². The summed E-state index contributed by atoms with van der Waals surface area (Å²) in [5.41, 5.74) is -0.419. The fourth-order valence-electron chi connectivity index (χ4n) is 2.37. The Morgan fingerprint density at radius 1 is 1.42 bits per heavy atom. The van der Waals surface area contributed by atoms with E-state index >= 15 is 0 Å². The summed E-state index contributed by atoms with van der Waals surface area (Å²) in [4.78, 5) is 4.29. The van der Waals surface area contributed by atoms with Crippen molar-refractivity contribution in [2.75, 3.05) is 0 Å². The van der Waals surface area contributed by atoms with Crippen LogP contribution in [0.15, 0.2) is 0 Å². The summed E-state index contributed by atoms with van der Waals surface area (Å²) in [6.07, 6.45) is 2.57. The molecule has 1 unspecified atom stereocenters. The van der Waals surface area contributed by atoms with Crippen LogP contribution in [0.1, 0.15) is 51.7 Å². The predicted molar refractivity (Wildman–Crippen MR) is 75.6 cm³/mol. The number of aryl methyl sites for hydroxylation is 3. The quantitative estimate of drug-likeness (QED) is 0.820. The number of hydrogen-bond acceptors (Lipinski definition) is 4. The maximum atomic E-state index is 9.43. The highest BCUT2D eigenvalue weighted by Crippen LogP contribution is 2.18. The first-order valence-electron chi connectivity index (χ1n) is 6.99. The maximum absolute atomic E-state index is 9.43. The van der Waals surface area contributed by atoms with Crippen molar-refractivity contribution in [3.05, 3.63) is 11.6 Å². The molecule has 1 heterocycles. The summed E-state index contributed by atoms with van der Waals surface area (Å²) >= 11 is 0. The van der Waals surface area contributed by atoms with Crippen LogP contribution in [0.25, 0.3) is 0 Å². The minimum absolute atomic E-state index is 0.315. The summed E-state index contributed by atoms with van der Waals surface area (Å²) < 4.78 is 1.92. The Morgan fingerprint density at radius 2 is 2.11 bits per heavy atom. The van der Waals surface area contributed by atoms with Gasteiger partial charge in [-0.25, -0.2) is 4.98 Å². The van der Waals surface area contributed by atoms with Crippen molar-refractivity contribution in [3.63, 3.8) is 0 Å². The molecule has 5 nitrogen and oxygen atoms in total. The molecule has 1 aromatic rings. The standard InChI is InChI=1S/C14H25N5/c1-6-14(10-15,17-11(2)3)8-7-9-19-13(5)16-12(4)18-19/h11,17H,6-9H2,1-5H3. The highest BCUT2D eigenvalue weighted by molar-refractivity contribution is 5.06. The average Bonchev–Trinajstić information content (AvgIpc) is 2.66. The molecular formula is C14H25N5. The number of nitrogens with zero attached hydrogens (tertiary/aromatic N) is 4. The van der Waals surface area contributed by atoms with Gasteiger partial charge in [0, 0.05) is 12.6 Å². The first kappa shape index (κ1) is 15.6. The van der Waals surface area contributed by atoms with Gasteiger partial charge in [-0.1, -0.05) is 6.92 Å². The lowest BCUT2D eigenvalue weighted by atomic mass is 9.91. The molecule has 0 bridgehead atoms. The van der Waals surface area contributed by atoms with Gasteiger partial charge < -0.3 is 0 Å². The van der Waals surface area contributed by atoms with Crippen molar-refractivity contribution in [2.24, 2.45) is 0 Å². The van der Waals surface area contributed by atoms with Crippen LogP contribution in [0.3, 0.4) is 0 Å². The number of nitriles is 1. The van der Waals surface area contributed by atoms with Gasteiger partial charge >= 0.3 is 0 Å². The van der Waals surface area contributed by atoms with E-state index < -0.39 is 5.54 Å². The van der Waals surface area contributed by atoms with Gasteiger partial charge in [0.25, 0.3) is 0 Å². The van der Waals surface area contributed by atoms with Crippen molar-refractivity contribution in [3.8, 4) is 6.07 Å². The van der Waals surface area contributed by atoms with Gasteiger partial charge in [0.2, 0.25) is 0 Å².